The molecule has 0 heterocycles. The minimum absolute atomic E-state index is 0.0108. The van der Waals surface area contributed by atoms with E-state index in [1.165, 1.54) is 66.7 Å². The molecule has 0 aliphatic carbocycles. The van der Waals surface area contributed by atoms with Gasteiger partial charge in [-0.2, -0.15) is 0 Å². The molecule has 3 rings (SSSR count). The van der Waals surface area contributed by atoms with Crippen molar-refractivity contribution in [2.45, 2.75) is 4.90 Å². The molecule has 0 spiro atoms. The summed E-state index contributed by atoms with van der Waals surface area (Å²) in [5.41, 5.74) is 0.892. The van der Waals surface area contributed by atoms with E-state index in [2.05, 4.69) is 10.0 Å². The Hall–Kier alpha value is -2.61. The smallest absolute Gasteiger partial charge is 0.261 e. The van der Waals surface area contributed by atoms with Crippen molar-refractivity contribution in [2.75, 3.05) is 10.0 Å². The van der Waals surface area contributed by atoms with Gasteiger partial charge in [0.15, 0.2) is 0 Å². The van der Waals surface area contributed by atoms with Gasteiger partial charge in [0.25, 0.3) is 15.9 Å². The van der Waals surface area contributed by atoms with Gasteiger partial charge in [0.05, 0.1) is 10.6 Å². The molecule has 0 aromatic heterocycles. The quantitative estimate of drug-likeness (QED) is 0.575. The Morgan fingerprint density at radius 1 is 0.821 bits per heavy atom. The minimum Gasteiger partial charge on any atom is -0.322 e. The zero-order chi connectivity index (χ0) is 20.3. The largest absolute Gasteiger partial charge is 0.322 e. The number of carbonyl (C=O) groups excluding carboxylic acids is 1. The molecule has 0 saturated carbocycles. The first-order valence-electron chi connectivity index (χ1n) is 7.89. The normalized spacial score (nSPS) is 11.1. The Balaban J connectivity index is 1.73. The molecule has 5 nitrogen and oxygen atoms in total. The maximum atomic E-state index is 12.9. The fourth-order valence-corrected chi connectivity index (χ4v) is 3.92. The predicted molar refractivity (Wildman–Crippen MR) is 108 cm³/mol. The zero-order valence-corrected chi connectivity index (χ0v) is 16.4. The molecule has 0 radical (unpaired) electrons. The van der Waals surface area contributed by atoms with E-state index in [0.29, 0.717) is 15.7 Å². The van der Waals surface area contributed by atoms with Gasteiger partial charge >= 0.3 is 0 Å². The summed E-state index contributed by atoms with van der Waals surface area (Å²) in [7, 11) is -3.87. The molecule has 0 aliphatic rings. The molecule has 0 atom stereocenters. The van der Waals surface area contributed by atoms with E-state index in [0.717, 1.165) is 0 Å². The Labute approximate surface area is 171 Å². The van der Waals surface area contributed by atoms with E-state index >= 15 is 0 Å². The summed E-state index contributed by atoms with van der Waals surface area (Å²) in [5.74, 6) is -0.887. The van der Waals surface area contributed by atoms with Gasteiger partial charge in [0.2, 0.25) is 0 Å². The van der Waals surface area contributed by atoms with Gasteiger partial charge in [-0.15, -0.1) is 0 Å². The highest BCUT2D eigenvalue weighted by Crippen LogP contribution is 2.25. The van der Waals surface area contributed by atoms with Gasteiger partial charge in [-0.25, -0.2) is 12.8 Å². The van der Waals surface area contributed by atoms with Crippen LogP contribution in [0.15, 0.2) is 71.6 Å². The molecule has 144 valence electrons. The Morgan fingerprint density at radius 2 is 1.39 bits per heavy atom. The molecule has 28 heavy (non-hydrogen) atoms. The van der Waals surface area contributed by atoms with Gasteiger partial charge in [0, 0.05) is 21.3 Å². The van der Waals surface area contributed by atoms with Crippen molar-refractivity contribution >= 4 is 50.5 Å². The summed E-state index contributed by atoms with van der Waals surface area (Å²) in [5, 5.41) is 3.20. The Kier molecular flexibility index (Phi) is 5.88. The number of carbonyl (C=O) groups is 1. The molecule has 0 bridgehead atoms. The fourth-order valence-electron chi connectivity index (χ4n) is 2.35. The summed E-state index contributed by atoms with van der Waals surface area (Å²) in [6.45, 7) is 0. The molecule has 0 fully saturated rings. The summed E-state index contributed by atoms with van der Waals surface area (Å²) < 4.78 is 40.3. The van der Waals surface area contributed by atoms with Crippen molar-refractivity contribution in [3.05, 3.63) is 88.2 Å². The van der Waals surface area contributed by atoms with Crippen LogP contribution in [0.1, 0.15) is 10.4 Å². The van der Waals surface area contributed by atoms with Gasteiger partial charge in [-0.05, 0) is 66.7 Å². The third kappa shape index (κ3) is 5.01. The van der Waals surface area contributed by atoms with Crippen molar-refractivity contribution in [1.82, 2.24) is 0 Å². The number of anilines is 2. The SMILES string of the molecule is O=C(Nc1ccc(S(=O)(=O)Nc2cc(Cl)cc(Cl)c2)cc1)c1ccc(F)cc1. The molecule has 3 aromatic carbocycles. The first-order valence-corrected chi connectivity index (χ1v) is 10.1. The number of rotatable bonds is 5. The van der Waals surface area contributed by atoms with Crippen LogP contribution in [0, 0.1) is 5.82 Å². The zero-order valence-electron chi connectivity index (χ0n) is 14.1. The number of nitrogens with one attached hydrogen (secondary N) is 2. The number of sulfonamides is 1. The van der Waals surface area contributed by atoms with Crippen LogP contribution >= 0.6 is 23.2 Å². The second kappa shape index (κ2) is 8.18. The number of benzene rings is 3. The lowest BCUT2D eigenvalue weighted by atomic mass is 10.2. The van der Waals surface area contributed by atoms with Crippen LogP contribution in [-0.2, 0) is 10.0 Å². The monoisotopic (exact) mass is 438 g/mol. The maximum Gasteiger partial charge on any atom is 0.261 e. The van der Waals surface area contributed by atoms with Crippen LogP contribution in [0.25, 0.3) is 0 Å². The van der Waals surface area contributed by atoms with Crippen LogP contribution in [-0.4, -0.2) is 14.3 Å². The van der Waals surface area contributed by atoms with E-state index < -0.39 is 21.7 Å². The van der Waals surface area contributed by atoms with Crippen molar-refractivity contribution in [2.24, 2.45) is 0 Å². The second-order valence-corrected chi connectivity index (χ2v) is 8.30. The number of halogens is 3. The molecular formula is C19H13Cl2FN2O3S. The average Bonchev–Trinajstić information content (AvgIpc) is 2.61. The lowest BCUT2D eigenvalue weighted by molar-refractivity contribution is 0.102. The summed E-state index contributed by atoms with van der Waals surface area (Å²) >= 11 is 11.7. The molecular weight excluding hydrogens is 426 g/mol. The first-order chi connectivity index (χ1) is 13.2. The van der Waals surface area contributed by atoms with Crippen LogP contribution in [0.3, 0.4) is 0 Å². The summed E-state index contributed by atoms with van der Waals surface area (Å²) in [6, 6.07) is 15.0. The summed E-state index contributed by atoms with van der Waals surface area (Å²) in [4.78, 5) is 12.1. The van der Waals surface area contributed by atoms with Crippen LogP contribution in [0.2, 0.25) is 10.0 Å². The number of hydrogen-bond donors (Lipinski definition) is 2. The predicted octanol–water partition coefficient (Wildman–Crippen LogP) is 5.19. The highest BCUT2D eigenvalue weighted by Gasteiger charge is 2.15. The van der Waals surface area contributed by atoms with E-state index in [1.54, 1.807) is 0 Å². The fraction of sp³-hybridized carbons (Fsp3) is 0. The maximum absolute atomic E-state index is 12.9. The molecule has 2 N–H and O–H groups in total. The van der Waals surface area contributed by atoms with Gasteiger partial charge in [-0.3, -0.25) is 9.52 Å². The third-order valence-corrected chi connectivity index (χ3v) is 5.48. The Morgan fingerprint density at radius 3 is 1.96 bits per heavy atom. The van der Waals surface area contributed by atoms with E-state index in [9.17, 15) is 17.6 Å². The highest BCUT2D eigenvalue weighted by molar-refractivity contribution is 7.92. The van der Waals surface area contributed by atoms with Gasteiger partial charge in [-0.1, -0.05) is 23.2 Å². The Bertz CT molecular complexity index is 1100. The van der Waals surface area contributed by atoms with E-state index in [-0.39, 0.29) is 16.1 Å². The lowest BCUT2D eigenvalue weighted by Gasteiger charge is -2.10. The van der Waals surface area contributed by atoms with Gasteiger partial charge < -0.3 is 5.32 Å². The molecule has 0 aliphatic heterocycles. The van der Waals surface area contributed by atoms with Crippen molar-refractivity contribution in [3.63, 3.8) is 0 Å². The molecule has 0 unspecified atom stereocenters. The standard InChI is InChI=1S/C19H13Cl2FN2O3S/c20-13-9-14(21)11-17(10-13)24-28(26,27)18-7-5-16(6-8-18)23-19(25)12-1-3-15(22)4-2-12/h1-11,24H,(H,23,25). The molecule has 0 saturated heterocycles. The molecule has 3 aromatic rings. The topological polar surface area (TPSA) is 75.3 Å². The van der Waals surface area contributed by atoms with Crippen LogP contribution in [0.5, 0.6) is 0 Å². The van der Waals surface area contributed by atoms with E-state index in [4.69, 9.17) is 23.2 Å². The van der Waals surface area contributed by atoms with E-state index in [1.807, 2.05) is 0 Å². The molecule has 1 amide bonds. The first kappa shape index (κ1) is 20.1. The third-order valence-electron chi connectivity index (χ3n) is 3.64. The van der Waals surface area contributed by atoms with Crippen LogP contribution in [0.4, 0.5) is 15.8 Å². The second-order valence-electron chi connectivity index (χ2n) is 5.75. The van der Waals surface area contributed by atoms with Crippen molar-refractivity contribution in [3.8, 4) is 0 Å². The highest BCUT2D eigenvalue weighted by atomic mass is 35.5. The van der Waals surface area contributed by atoms with Crippen molar-refractivity contribution in [1.29, 1.82) is 0 Å². The van der Waals surface area contributed by atoms with Crippen molar-refractivity contribution < 1.29 is 17.6 Å². The number of hydrogen-bond acceptors (Lipinski definition) is 3. The lowest BCUT2D eigenvalue weighted by Crippen LogP contribution is -2.14. The molecule has 9 heteroatoms. The summed E-state index contributed by atoms with van der Waals surface area (Å²) in [6.07, 6.45) is 0. The number of amides is 1. The average molecular weight is 439 g/mol. The van der Waals surface area contributed by atoms with Crippen LogP contribution < -0.4 is 10.0 Å². The minimum atomic E-state index is -3.87. The van der Waals surface area contributed by atoms with Gasteiger partial charge in [0.1, 0.15) is 5.82 Å².